The summed E-state index contributed by atoms with van der Waals surface area (Å²) in [5, 5.41) is 3.36. The number of hydrogen-bond acceptors (Lipinski definition) is 3. The third-order valence-electron chi connectivity index (χ3n) is 2.84. The van der Waals surface area contributed by atoms with Crippen molar-refractivity contribution in [3.05, 3.63) is 23.9 Å². The molecule has 1 fully saturated rings. The van der Waals surface area contributed by atoms with Gasteiger partial charge in [0, 0.05) is 25.8 Å². The molecule has 0 spiro atoms. The molecule has 2 heterocycles. The Hall–Kier alpha value is -0.800. The second-order valence-electron chi connectivity index (χ2n) is 3.95. The van der Waals surface area contributed by atoms with Gasteiger partial charge in [-0.2, -0.15) is 0 Å². The smallest absolute Gasteiger partial charge is 0.128 e. The second-order valence-corrected chi connectivity index (χ2v) is 3.95. The maximum Gasteiger partial charge on any atom is 0.128 e. The minimum atomic E-state index is 0. The molecule has 1 aromatic rings. The molecular weight excluding hydrogens is 210 g/mol. The van der Waals surface area contributed by atoms with Gasteiger partial charge in [-0.15, -0.1) is 12.4 Å². The van der Waals surface area contributed by atoms with E-state index in [1.54, 1.807) is 0 Å². The molecule has 1 atom stereocenters. The zero-order valence-electron chi connectivity index (χ0n) is 9.23. The molecule has 2 rings (SSSR count). The lowest BCUT2D eigenvalue weighted by molar-refractivity contribution is 0.677. The molecule has 0 aromatic carbocycles. The van der Waals surface area contributed by atoms with Gasteiger partial charge in [0.15, 0.2) is 0 Å². The van der Waals surface area contributed by atoms with Crippen LogP contribution in [0.25, 0.3) is 0 Å². The minimum absolute atomic E-state index is 0. The van der Waals surface area contributed by atoms with Crippen LogP contribution in [0.4, 0.5) is 5.82 Å². The number of hydrogen-bond donors (Lipinski definition) is 1. The summed E-state index contributed by atoms with van der Waals surface area (Å²) >= 11 is 0. The summed E-state index contributed by atoms with van der Waals surface area (Å²) in [6, 6.07) is 4.81. The quantitative estimate of drug-likeness (QED) is 0.832. The summed E-state index contributed by atoms with van der Waals surface area (Å²) in [4.78, 5) is 6.68. The first-order valence-electron chi connectivity index (χ1n) is 5.13. The van der Waals surface area contributed by atoms with Crippen LogP contribution in [0, 0.1) is 6.92 Å². The fourth-order valence-corrected chi connectivity index (χ4v) is 1.83. The third-order valence-corrected chi connectivity index (χ3v) is 2.84. The van der Waals surface area contributed by atoms with E-state index < -0.39 is 0 Å². The van der Waals surface area contributed by atoms with E-state index in [2.05, 4.69) is 41.3 Å². The summed E-state index contributed by atoms with van der Waals surface area (Å²) in [5.74, 6) is 1.07. The van der Waals surface area contributed by atoms with Crippen LogP contribution in [0.5, 0.6) is 0 Å². The zero-order chi connectivity index (χ0) is 9.97. The number of aryl methyl sites for hydroxylation is 1. The molecule has 0 bridgehead atoms. The average Bonchev–Trinajstić information content (AvgIpc) is 2.71. The third kappa shape index (κ3) is 2.83. The van der Waals surface area contributed by atoms with Crippen LogP contribution in [0.15, 0.2) is 18.3 Å². The van der Waals surface area contributed by atoms with Gasteiger partial charge in [-0.1, -0.05) is 6.07 Å². The zero-order valence-corrected chi connectivity index (χ0v) is 10.0. The fourth-order valence-electron chi connectivity index (χ4n) is 1.83. The van der Waals surface area contributed by atoms with Crippen molar-refractivity contribution in [2.75, 3.05) is 25.0 Å². The fraction of sp³-hybridized carbons (Fsp3) is 0.545. The Morgan fingerprint density at radius 2 is 2.27 bits per heavy atom. The van der Waals surface area contributed by atoms with Gasteiger partial charge in [0.25, 0.3) is 0 Å². The van der Waals surface area contributed by atoms with E-state index in [1.165, 1.54) is 12.0 Å². The standard InChI is InChI=1S/C11H17N3.ClH/c1-9-3-4-11(13-7-9)14(2)10-5-6-12-8-10;/h3-4,7,10,12H,5-6,8H2,1-2H3;1H/t10-;/m1./s1. The van der Waals surface area contributed by atoms with Crippen molar-refractivity contribution < 1.29 is 0 Å². The first kappa shape index (κ1) is 12.3. The van der Waals surface area contributed by atoms with Crippen molar-refractivity contribution >= 4 is 18.2 Å². The Morgan fingerprint density at radius 1 is 1.47 bits per heavy atom. The van der Waals surface area contributed by atoms with E-state index in [0.29, 0.717) is 6.04 Å². The molecule has 0 saturated carbocycles. The van der Waals surface area contributed by atoms with Gasteiger partial charge in [-0.05, 0) is 31.5 Å². The van der Waals surface area contributed by atoms with Crippen molar-refractivity contribution in [3.8, 4) is 0 Å². The Morgan fingerprint density at radius 3 is 2.80 bits per heavy atom. The summed E-state index contributed by atoms with van der Waals surface area (Å²) < 4.78 is 0. The minimum Gasteiger partial charge on any atom is -0.355 e. The van der Waals surface area contributed by atoms with Crippen molar-refractivity contribution in [3.63, 3.8) is 0 Å². The SMILES string of the molecule is Cc1ccc(N(C)[C@@H]2CCNC2)nc1.Cl. The van der Waals surface area contributed by atoms with Crippen molar-refractivity contribution in [1.29, 1.82) is 0 Å². The molecule has 1 N–H and O–H groups in total. The number of likely N-dealkylation sites (N-methyl/N-ethyl adjacent to an activating group) is 1. The number of nitrogens with one attached hydrogen (secondary N) is 1. The van der Waals surface area contributed by atoms with E-state index >= 15 is 0 Å². The molecule has 1 aliphatic heterocycles. The topological polar surface area (TPSA) is 28.2 Å². The molecule has 0 aliphatic carbocycles. The number of halogens is 1. The Bertz CT molecular complexity index is 293. The van der Waals surface area contributed by atoms with Gasteiger partial charge in [0.05, 0.1) is 0 Å². The number of anilines is 1. The number of rotatable bonds is 2. The Balaban J connectivity index is 0.00000112. The predicted octanol–water partition coefficient (Wildman–Crippen LogP) is 1.61. The lowest BCUT2D eigenvalue weighted by atomic mass is 10.2. The molecule has 15 heavy (non-hydrogen) atoms. The van der Waals surface area contributed by atoms with Crippen LogP contribution in [0.3, 0.4) is 0 Å². The maximum atomic E-state index is 4.42. The second kappa shape index (κ2) is 5.33. The predicted molar refractivity (Wildman–Crippen MR) is 65.9 cm³/mol. The van der Waals surface area contributed by atoms with Crippen LogP contribution in [-0.4, -0.2) is 31.2 Å². The Labute approximate surface area is 97.3 Å². The van der Waals surface area contributed by atoms with Gasteiger partial charge in [-0.25, -0.2) is 4.98 Å². The molecular formula is C11H18ClN3. The van der Waals surface area contributed by atoms with Gasteiger partial charge >= 0.3 is 0 Å². The summed E-state index contributed by atoms with van der Waals surface area (Å²) in [7, 11) is 2.12. The van der Waals surface area contributed by atoms with Gasteiger partial charge < -0.3 is 10.2 Å². The molecule has 0 radical (unpaired) electrons. The first-order valence-corrected chi connectivity index (χ1v) is 5.13. The normalized spacial score (nSPS) is 19.7. The van der Waals surface area contributed by atoms with Crippen molar-refractivity contribution in [2.45, 2.75) is 19.4 Å². The van der Waals surface area contributed by atoms with Gasteiger partial charge in [-0.3, -0.25) is 0 Å². The highest BCUT2D eigenvalue weighted by atomic mass is 35.5. The highest BCUT2D eigenvalue weighted by Crippen LogP contribution is 2.15. The van der Waals surface area contributed by atoms with E-state index in [9.17, 15) is 0 Å². The number of aromatic nitrogens is 1. The molecule has 0 amide bonds. The summed E-state index contributed by atoms with van der Waals surface area (Å²) in [5.41, 5.74) is 1.21. The first-order chi connectivity index (χ1) is 6.77. The van der Waals surface area contributed by atoms with Crippen LogP contribution in [0.1, 0.15) is 12.0 Å². The van der Waals surface area contributed by atoms with Crippen LogP contribution in [-0.2, 0) is 0 Å². The van der Waals surface area contributed by atoms with Gasteiger partial charge in [0.2, 0.25) is 0 Å². The van der Waals surface area contributed by atoms with Crippen LogP contribution >= 0.6 is 12.4 Å². The largest absolute Gasteiger partial charge is 0.355 e. The molecule has 84 valence electrons. The lowest BCUT2D eigenvalue weighted by Gasteiger charge is -2.24. The Kier molecular flexibility index (Phi) is 4.36. The van der Waals surface area contributed by atoms with E-state index in [4.69, 9.17) is 0 Å². The molecule has 1 aromatic heterocycles. The average molecular weight is 228 g/mol. The highest BCUT2D eigenvalue weighted by molar-refractivity contribution is 5.85. The molecule has 1 saturated heterocycles. The molecule has 1 aliphatic rings. The maximum absolute atomic E-state index is 4.42. The molecule has 3 nitrogen and oxygen atoms in total. The molecule has 0 unspecified atom stereocenters. The van der Waals surface area contributed by atoms with Crippen LogP contribution < -0.4 is 10.2 Å². The van der Waals surface area contributed by atoms with E-state index in [-0.39, 0.29) is 12.4 Å². The molecule has 4 heteroatoms. The van der Waals surface area contributed by atoms with Crippen molar-refractivity contribution in [2.24, 2.45) is 0 Å². The van der Waals surface area contributed by atoms with E-state index in [1.807, 2.05) is 6.20 Å². The van der Waals surface area contributed by atoms with Crippen molar-refractivity contribution in [1.82, 2.24) is 10.3 Å². The number of nitrogens with zero attached hydrogens (tertiary/aromatic N) is 2. The highest BCUT2D eigenvalue weighted by Gasteiger charge is 2.19. The summed E-state index contributed by atoms with van der Waals surface area (Å²) in [6.45, 7) is 4.26. The summed E-state index contributed by atoms with van der Waals surface area (Å²) in [6.07, 6.45) is 3.14. The van der Waals surface area contributed by atoms with E-state index in [0.717, 1.165) is 18.9 Å². The van der Waals surface area contributed by atoms with Gasteiger partial charge in [0.1, 0.15) is 5.82 Å². The monoisotopic (exact) mass is 227 g/mol. The number of pyridine rings is 1. The van der Waals surface area contributed by atoms with Crippen LogP contribution in [0.2, 0.25) is 0 Å². The lowest BCUT2D eigenvalue weighted by Crippen LogP contribution is -2.33.